The van der Waals surface area contributed by atoms with Crippen molar-refractivity contribution in [2.24, 2.45) is 0 Å². The number of nitrogens with zero attached hydrogens (tertiary/aromatic N) is 1. The summed E-state index contributed by atoms with van der Waals surface area (Å²) in [4.78, 5) is 18.4. The monoisotopic (exact) mass is 305 g/mol. The van der Waals surface area contributed by atoms with Gasteiger partial charge in [0.05, 0.1) is 9.75 Å². The first kappa shape index (κ1) is 13.0. The Kier molecular flexibility index (Phi) is 3.09. The van der Waals surface area contributed by atoms with Gasteiger partial charge in [0.25, 0.3) is 0 Å². The van der Waals surface area contributed by atoms with E-state index >= 15 is 0 Å². The molecule has 2 aromatic carbocycles. The Morgan fingerprint density at radius 3 is 2.50 bits per heavy atom. The highest BCUT2D eigenvalue weighted by atomic mass is 32.1. The van der Waals surface area contributed by atoms with Crippen LogP contribution in [0.5, 0.6) is 0 Å². The number of benzene rings is 2. The Bertz CT molecular complexity index is 920. The van der Waals surface area contributed by atoms with Crippen molar-refractivity contribution in [1.82, 2.24) is 4.98 Å². The molecule has 0 aliphatic rings. The maximum atomic E-state index is 12.4. The van der Waals surface area contributed by atoms with Crippen molar-refractivity contribution < 1.29 is 9.21 Å². The van der Waals surface area contributed by atoms with Crippen LogP contribution in [0.4, 0.5) is 0 Å². The second-order valence-electron chi connectivity index (χ2n) is 4.85. The first-order valence-corrected chi connectivity index (χ1v) is 7.68. The van der Waals surface area contributed by atoms with Crippen molar-refractivity contribution >= 4 is 28.2 Å². The third kappa shape index (κ3) is 2.23. The zero-order chi connectivity index (χ0) is 14.9. The standard InChI is InChI=1S/C18H11NO2S/c20-17(12-6-2-1-3-7-12)15-10-11-16(22-15)18-19-13-8-4-5-9-14(13)21-18/h1-11H. The summed E-state index contributed by atoms with van der Waals surface area (Å²) in [6.45, 7) is 0. The van der Waals surface area contributed by atoms with E-state index in [0.717, 1.165) is 16.0 Å². The summed E-state index contributed by atoms with van der Waals surface area (Å²) in [5.74, 6) is 0.575. The van der Waals surface area contributed by atoms with Gasteiger partial charge in [-0.05, 0) is 24.3 Å². The van der Waals surface area contributed by atoms with Gasteiger partial charge < -0.3 is 4.42 Å². The van der Waals surface area contributed by atoms with Crippen molar-refractivity contribution in [2.75, 3.05) is 0 Å². The molecule has 3 nitrogen and oxygen atoms in total. The third-order valence-electron chi connectivity index (χ3n) is 3.37. The molecule has 22 heavy (non-hydrogen) atoms. The molecule has 4 aromatic rings. The number of hydrogen-bond acceptors (Lipinski definition) is 4. The number of oxazole rings is 1. The van der Waals surface area contributed by atoms with Crippen molar-refractivity contribution in [3.63, 3.8) is 0 Å². The molecule has 0 fully saturated rings. The number of carbonyl (C=O) groups is 1. The summed E-state index contributed by atoms with van der Waals surface area (Å²) in [6.07, 6.45) is 0. The zero-order valence-electron chi connectivity index (χ0n) is 11.5. The minimum absolute atomic E-state index is 0.0213. The summed E-state index contributed by atoms with van der Waals surface area (Å²) in [7, 11) is 0. The van der Waals surface area contributed by atoms with Crippen molar-refractivity contribution in [3.05, 3.63) is 77.2 Å². The van der Waals surface area contributed by atoms with E-state index in [9.17, 15) is 4.79 Å². The van der Waals surface area contributed by atoms with Crippen molar-refractivity contribution in [3.8, 4) is 10.8 Å². The molecule has 0 atom stereocenters. The highest BCUT2D eigenvalue weighted by molar-refractivity contribution is 7.17. The average Bonchev–Trinajstić information content (AvgIpc) is 3.21. The minimum Gasteiger partial charge on any atom is -0.435 e. The topological polar surface area (TPSA) is 43.1 Å². The molecule has 106 valence electrons. The molecule has 0 N–H and O–H groups in total. The molecule has 2 aromatic heterocycles. The second kappa shape index (κ2) is 5.24. The largest absolute Gasteiger partial charge is 0.435 e. The van der Waals surface area contributed by atoms with Crippen molar-refractivity contribution in [1.29, 1.82) is 0 Å². The molecule has 0 bridgehead atoms. The average molecular weight is 305 g/mol. The van der Waals surface area contributed by atoms with Crippen molar-refractivity contribution in [2.45, 2.75) is 0 Å². The van der Waals surface area contributed by atoms with E-state index in [4.69, 9.17) is 4.42 Å². The van der Waals surface area contributed by atoms with Crippen LogP contribution in [0.2, 0.25) is 0 Å². The lowest BCUT2D eigenvalue weighted by Crippen LogP contribution is -1.97. The fraction of sp³-hybridized carbons (Fsp3) is 0. The Labute approximate surface area is 130 Å². The first-order chi connectivity index (χ1) is 10.8. The summed E-state index contributed by atoms with van der Waals surface area (Å²) in [5, 5.41) is 0. The summed E-state index contributed by atoms with van der Waals surface area (Å²) in [5.41, 5.74) is 2.26. The molecule has 0 aliphatic carbocycles. The van der Waals surface area contributed by atoms with Gasteiger partial charge in [-0.3, -0.25) is 4.79 Å². The Hall–Kier alpha value is -2.72. The molecular weight excluding hydrogens is 294 g/mol. The van der Waals surface area contributed by atoms with Crippen LogP contribution in [0.15, 0.2) is 71.1 Å². The number of thiophene rings is 1. The van der Waals surface area contributed by atoms with Gasteiger partial charge in [0, 0.05) is 5.56 Å². The van der Waals surface area contributed by atoms with Gasteiger partial charge in [-0.15, -0.1) is 11.3 Å². The Morgan fingerprint density at radius 2 is 1.68 bits per heavy atom. The number of rotatable bonds is 3. The molecule has 0 unspecified atom stereocenters. The highest BCUT2D eigenvalue weighted by Gasteiger charge is 2.15. The molecule has 2 heterocycles. The fourth-order valence-electron chi connectivity index (χ4n) is 2.28. The van der Waals surface area contributed by atoms with Gasteiger partial charge in [-0.25, -0.2) is 4.98 Å². The molecule has 0 radical (unpaired) electrons. The van der Waals surface area contributed by atoms with E-state index in [1.54, 1.807) is 0 Å². The summed E-state index contributed by atoms with van der Waals surface area (Å²) >= 11 is 1.40. The van der Waals surface area contributed by atoms with Crippen LogP contribution in [-0.4, -0.2) is 10.8 Å². The van der Waals surface area contributed by atoms with E-state index in [1.165, 1.54) is 11.3 Å². The van der Waals surface area contributed by atoms with Gasteiger partial charge in [-0.2, -0.15) is 0 Å². The van der Waals surface area contributed by atoms with Gasteiger partial charge in [0.2, 0.25) is 11.7 Å². The quantitative estimate of drug-likeness (QED) is 0.511. The van der Waals surface area contributed by atoms with E-state index in [2.05, 4.69) is 4.98 Å². The van der Waals surface area contributed by atoms with E-state index in [0.29, 0.717) is 16.3 Å². The van der Waals surface area contributed by atoms with Gasteiger partial charge in [-0.1, -0.05) is 42.5 Å². The first-order valence-electron chi connectivity index (χ1n) is 6.87. The van der Waals surface area contributed by atoms with Crippen LogP contribution >= 0.6 is 11.3 Å². The molecular formula is C18H11NO2S. The van der Waals surface area contributed by atoms with Crippen LogP contribution in [0.3, 0.4) is 0 Å². The lowest BCUT2D eigenvalue weighted by Gasteiger charge is -1.96. The fourth-order valence-corrected chi connectivity index (χ4v) is 3.18. The summed E-state index contributed by atoms with van der Waals surface area (Å²) in [6, 6.07) is 20.6. The van der Waals surface area contributed by atoms with Crippen LogP contribution in [0, 0.1) is 0 Å². The van der Waals surface area contributed by atoms with E-state index < -0.39 is 0 Å². The smallest absolute Gasteiger partial charge is 0.237 e. The third-order valence-corrected chi connectivity index (χ3v) is 4.44. The SMILES string of the molecule is O=C(c1ccccc1)c1ccc(-c2nc3ccccc3o2)s1. The highest BCUT2D eigenvalue weighted by Crippen LogP contribution is 2.31. The van der Waals surface area contributed by atoms with Gasteiger partial charge in [0.1, 0.15) is 5.52 Å². The number of para-hydroxylation sites is 2. The molecule has 0 aliphatic heterocycles. The second-order valence-corrected chi connectivity index (χ2v) is 5.93. The summed E-state index contributed by atoms with van der Waals surface area (Å²) < 4.78 is 5.74. The molecule has 0 spiro atoms. The maximum Gasteiger partial charge on any atom is 0.237 e. The lowest BCUT2D eigenvalue weighted by atomic mass is 10.1. The Balaban J connectivity index is 1.70. The van der Waals surface area contributed by atoms with Crippen LogP contribution < -0.4 is 0 Å². The van der Waals surface area contributed by atoms with E-state index in [1.807, 2.05) is 66.7 Å². The maximum absolute atomic E-state index is 12.4. The van der Waals surface area contributed by atoms with Crippen LogP contribution in [0.1, 0.15) is 15.2 Å². The molecule has 4 rings (SSSR count). The predicted molar refractivity (Wildman–Crippen MR) is 87.2 cm³/mol. The number of aromatic nitrogens is 1. The number of fused-ring (bicyclic) bond motifs is 1. The van der Waals surface area contributed by atoms with Crippen LogP contribution in [0.25, 0.3) is 21.9 Å². The van der Waals surface area contributed by atoms with Gasteiger partial charge >= 0.3 is 0 Å². The van der Waals surface area contributed by atoms with E-state index in [-0.39, 0.29) is 5.78 Å². The lowest BCUT2D eigenvalue weighted by molar-refractivity contribution is 0.104. The minimum atomic E-state index is 0.0213. The predicted octanol–water partition coefficient (Wildman–Crippen LogP) is 4.79. The molecule has 0 saturated carbocycles. The number of carbonyl (C=O) groups excluding carboxylic acids is 1. The number of ketones is 1. The zero-order valence-corrected chi connectivity index (χ0v) is 12.3. The Morgan fingerprint density at radius 1 is 0.909 bits per heavy atom. The normalized spacial score (nSPS) is 10.9. The molecule has 0 saturated heterocycles. The molecule has 0 amide bonds. The molecule has 4 heteroatoms. The number of hydrogen-bond donors (Lipinski definition) is 0. The van der Waals surface area contributed by atoms with Crippen LogP contribution in [-0.2, 0) is 0 Å². The van der Waals surface area contributed by atoms with Gasteiger partial charge in [0.15, 0.2) is 5.58 Å².